The third kappa shape index (κ3) is 3.43. The Morgan fingerprint density at radius 2 is 2.47 bits per heavy atom. The topological polar surface area (TPSA) is 81.6 Å². The van der Waals surface area contributed by atoms with E-state index >= 15 is 0 Å². The van der Waals surface area contributed by atoms with Gasteiger partial charge in [0.05, 0.1) is 6.33 Å². The van der Waals surface area contributed by atoms with Crippen LogP contribution in [-0.2, 0) is 4.79 Å². The van der Waals surface area contributed by atoms with Crippen molar-refractivity contribution < 1.29 is 4.79 Å². The molecule has 1 aromatic rings. The molecule has 0 unspecified atom stereocenters. The summed E-state index contributed by atoms with van der Waals surface area (Å²) in [4.78, 5) is 17.9. The van der Waals surface area contributed by atoms with Crippen LogP contribution in [-0.4, -0.2) is 15.9 Å². The number of aromatic nitrogens is 2. The van der Waals surface area contributed by atoms with E-state index in [1.807, 2.05) is 6.07 Å². The molecule has 0 aliphatic carbocycles. The van der Waals surface area contributed by atoms with Crippen molar-refractivity contribution in [2.75, 3.05) is 5.32 Å². The molecule has 0 saturated heterocycles. The van der Waals surface area contributed by atoms with E-state index in [1.165, 1.54) is 6.33 Å². The van der Waals surface area contributed by atoms with E-state index in [1.54, 1.807) is 0 Å². The van der Waals surface area contributed by atoms with Gasteiger partial charge < -0.3 is 10.3 Å². The zero-order valence-electron chi connectivity index (χ0n) is 8.71. The van der Waals surface area contributed by atoms with Crippen molar-refractivity contribution in [2.45, 2.75) is 32.6 Å². The van der Waals surface area contributed by atoms with Crippen LogP contribution in [0.25, 0.3) is 0 Å². The fourth-order valence-corrected chi connectivity index (χ4v) is 1.20. The Kier molecular flexibility index (Phi) is 4.35. The number of amides is 1. The van der Waals surface area contributed by atoms with Crippen LogP contribution in [0.1, 0.15) is 38.3 Å². The molecule has 0 aliphatic heterocycles. The van der Waals surface area contributed by atoms with E-state index < -0.39 is 0 Å². The van der Waals surface area contributed by atoms with Crippen LogP contribution in [0, 0.1) is 11.3 Å². The van der Waals surface area contributed by atoms with Gasteiger partial charge in [0, 0.05) is 6.42 Å². The smallest absolute Gasteiger partial charge is 0.225 e. The summed E-state index contributed by atoms with van der Waals surface area (Å²) < 4.78 is 0. The van der Waals surface area contributed by atoms with Crippen LogP contribution >= 0.6 is 0 Å². The number of nitrogens with zero attached hydrogens (tertiary/aromatic N) is 2. The third-order valence-electron chi connectivity index (χ3n) is 2.02. The number of hydrogen-bond donors (Lipinski definition) is 2. The Balaban J connectivity index is 2.42. The first-order valence-electron chi connectivity index (χ1n) is 5.01. The fraction of sp³-hybridized carbons (Fsp3) is 0.500. The van der Waals surface area contributed by atoms with Gasteiger partial charge in [-0.05, 0) is 6.42 Å². The lowest BCUT2D eigenvalue weighted by Crippen LogP contribution is -2.12. The SMILES string of the molecule is CCCCCC(=O)Nc1nc[nH]c1C#N. The predicted octanol–water partition coefficient (Wildman–Crippen LogP) is 1.80. The molecular formula is C10H14N4O. The van der Waals surface area contributed by atoms with Gasteiger partial charge in [0.15, 0.2) is 11.5 Å². The Morgan fingerprint density at radius 1 is 1.67 bits per heavy atom. The average Bonchev–Trinajstić information content (AvgIpc) is 2.65. The maximum Gasteiger partial charge on any atom is 0.225 e. The molecule has 5 nitrogen and oxygen atoms in total. The number of H-pyrrole nitrogens is 1. The van der Waals surface area contributed by atoms with Crippen LogP contribution in [0.15, 0.2) is 6.33 Å². The molecule has 0 aromatic carbocycles. The molecule has 1 heterocycles. The van der Waals surface area contributed by atoms with Crippen LogP contribution < -0.4 is 5.32 Å². The van der Waals surface area contributed by atoms with Crippen molar-refractivity contribution in [3.05, 3.63) is 12.0 Å². The van der Waals surface area contributed by atoms with Gasteiger partial charge in [0.25, 0.3) is 0 Å². The van der Waals surface area contributed by atoms with Crippen molar-refractivity contribution in [1.29, 1.82) is 5.26 Å². The van der Waals surface area contributed by atoms with Crippen LogP contribution in [0.5, 0.6) is 0 Å². The first-order valence-corrected chi connectivity index (χ1v) is 5.01. The molecule has 1 rings (SSSR count). The summed E-state index contributed by atoms with van der Waals surface area (Å²) in [7, 11) is 0. The highest BCUT2D eigenvalue weighted by molar-refractivity contribution is 5.90. The molecule has 0 aliphatic rings. The second-order valence-electron chi connectivity index (χ2n) is 3.24. The number of nitrogens with one attached hydrogen (secondary N) is 2. The van der Waals surface area contributed by atoms with Crippen LogP contribution in [0.4, 0.5) is 5.82 Å². The molecule has 0 bridgehead atoms. The summed E-state index contributed by atoms with van der Waals surface area (Å²) in [6.45, 7) is 2.08. The zero-order valence-corrected chi connectivity index (χ0v) is 8.71. The van der Waals surface area contributed by atoms with E-state index in [9.17, 15) is 4.79 Å². The highest BCUT2D eigenvalue weighted by atomic mass is 16.1. The molecule has 0 spiro atoms. The summed E-state index contributed by atoms with van der Waals surface area (Å²) in [6, 6.07) is 1.92. The first kappa shape index (κ1) is 11.2. The average molecular weight is 206 g/mol. The molecular weight excluding hydrogens is 192 g/mol. The van der Waals surface area contributed by atoms with E-state index in [0.29, 0.717) is 17.9 Å². The summed E-state index contributed by atoms with van der Waals surface area (Å²) in [6.07, 6.45) is 4.86. The molecule has 15 heavy (non-hydrogen) atoms. The summed E-state index contributed by atoms with van der Waals surface area (Å²) >= 11 is 0. The van der Waals surface area contributed by atoms with Crippen LogP contribution in [0.3, 0.4) is 0 Å². The quantitative estimate of drug-likeness (QED) is 0.721. The first-order chi connectivity index (χ1) is 7.27. The van der Waals surface area contributed by atoms with Gasteiger partial charge in [-0.15, -0.1) is 0 Å². The molecule has 0 radical (unpaired) electrons. The molecule has 1 aromatic heterocycles. The third-order valence-corrected chi connectivity index (χ3v) is 2.02. The number of hydrogen-bond acceptors (Lipinski definition) is 3. The van der Waals surface area contributed by atoms with Crippen molar-refractivity contribution in [2.24, 2.45) is 0 Å². The number of carbonyl (C=O) groups is 1. The maximum absolute atomic E-state index is 11.4. The number of nitriles is 1. The summed E-state index contributed by atoms with van der Waals surface area (Å²) in [5.74, 6) is 0.228. The van der Waals surface area contributed by atoms with Gasteiger partial charge in [-0.1, -0.05) is 19.8 Å². The van der Waals surface area contributed by atoms with Crippen molar-refractivity contribution in [1.82, 2.24) is 9.97 Å². The molecule has 5 heteroatoms. The Hall–Kier alpha value is -1.83. The minimum Gasteiger partial charge on any atom is -0.335 e. The highest BCUT2D eigenvalue weighted by Crippen LogP contribution is 2.08. The Bertz CT molecular complexity index is 364. The van der Waals surface area contributed by atoms with E-state index in [4.69, 9.17) is 5.26 Å². The van der Waals surface area contributed by atoms with Crippen molar-refractivity contribution >= 4 is 11.7 Å². The molecule has 80 valence electrons. The minimum absolute atomic E-state index is 0.0907. The van der Waals surface area contributed by atoms with E-state index in [-0.39, 0.29) is 5.91 Å². The molecule has 0 fully saturated rings. The number of carbonyl (C=O) groups excluding carboxylic acids is 1. The van der Waals surface area contributed by atoms with Crippen molar-refractivity contribution in [3.63, 3.8) is 0 Å². The lowest BCUT2D eigenvalue weighted by atomic mass is 10.2. The summed E-state index contributed by atoms with van der Waals surface area (Å²) in [5, 5.41) is 11.3. The minimum atomic E-state index is -0.0907. The summed E-state index contributed by atoms with van der Waals surface area (Å²) in [5.41, 5.74) is 0.291. The van der Waals surface area contributed by atoms with Gasteiger partial charge in [0.1, 0.15) is 6.07 Å². The van der Waals surface area contributed by atoms with Gasteiger partial charge in [-0.2, -0.15) is 5.26 Å². The fourth-order valence-electron chi connectivity index (χ4n) is 1.20. The number of unbranched alkanes of at least 4 members (excludes halogenated alkanes) is 2. The van der Waals surface area contributed by atoms with E-state index in [0.717, 1.165) is 19.3 Å². The number of imidazole rings is 1. The van der Waals surface area contributed by atoms with Gasteiger partial charge in [-0.3, -0.25) is 4.79 Å². The van der Waals surface area contributed by atoms with Gasteiger partial charge in [0.2, 0.25) is 5.91 Å². The van der Waals surface area contributed by atoms with E-state index in [2.05, 4.69) is 22.2 Å². The maximum atomic E-state index is 11.4. The zero-order chi connectivity index (χ0) is 11.1. The lowest BCUT2D eigenvalue weighted by molar-refractivity contribution is -0.116. The van der Waals surface area contributed by atoms with Gasteiger partial charge >= 0.3 is 0 Å². The van der Waals surface area contributed by atoms with Crippen molar-refractivity contribution in [3.8, 4) is 6.07 Å². The molecule has 0 atom stereocenters. The monoisotopic (exact) mass is 206 g/mol. The van der Waals surface area contributed by atoms with Crippen LogP contribution in [0.2, 0.25) is 0 Å². The second kappa shape index (κ2) is 5.81. The largest absolute Gasteiger partial charge is 0.335 e. The second-order valence-corrected chi connectivity index (χ2v) is 3.24. The molecule has 1 amide bonds. The Labute approximate surface area is 88.5 Å². The molecule has 0 saturated carbocycles. The highest BCUT2D eigenvalue weighted by Gasteiger charge is 2.08. The normalized spacial score (nSPS) is 9.60. The number of rotatable bonds is 5. The Morgan fingerprint density at radius 3 is 3.13 bits per heavy atom. The van der Waals surface area contributed by atoms with Gasteiger partial charge in [-0.25, -0.2) is 4.98 Å². The number of aromatic amines is 1. The lowest BCUT2D eigenvalue weighted by Gasteiger charge is -2.01. The predicted molar refractivity (Wildman–Crippen MR) is 56.1 cm³/mol. The standard InChI is InChI=1S/C10H14N4O/c1-2-3-4-5-9(15)14-10-8(6-11)12-7-13-10/h7H,2-5H2,1H3,(H,12,13)(H,14,15). The number of anilines is 1. The molecule has 2 N–H and O–H groups in total.